The lowest BCUT2D eigenvalue weighted by atomic mass is 10.0. The lowest BCUT2D eigenvalue weighted by molar-refractivity contribution is 0.109. The smallest absolute Gasteiger partial charge is 0.191 e. The van der Waals surface area contributed by atoms with Crippen molar-refractivity contribution in [1.29, 1.82) is 0 Å². The summed E-state index contributed by atoms with van der Waals surface area (Å²) in [4.78, 5) is 12.6. The van der Waals surface area contributed by atoms with E-state index in [2.05, 4.69) is 53.0 Å². The van der Waals surface area contributed by atoms with Gasteiger partial charge >= 0.3 is 0 Å². The zero-order valence-corrected chi connectivity index (χ0v) is 21.1. The second kappa shape index (κ2) is 14.8. The molecule has 0 aromatic heterocycles. The van der Waals surface area contributed by atoms with E-state index in [9.17, 15) is 0 Å². The minimum absolute atomic E-state index is 0. The second-order valence-corrected chi connectivity index (χ2v) is 8.06. The third kappa shape index (κ3) is 8.71. The van der Waals surface area contributed by atoms with Crippen LogP contribution in [0.5, 0.6) is 0 Å². The molecule has 28 heavy (non-hydrogen) atoms. The zero-order valence-electron chi connectivity index (χ0n) is 18.8. The van der Waals surface area contributed by atoms with Gasteiger partial charge in [0.2, 0.25) is 0 Å². The van der Waals surface area contributed by atoms with Gasteiger partial charge in [0.05, 0.1) is 6.54 Å². The van der Waals surface area contributed by atoms with E-state index in [1.165, 1.54) is 65.0 Å². The van der Waals surface area contributed by atoms with Crippen molar-refractivity contribution in [3.8, 4) is 0 Å². The van der Waals surface area contributed by atoms with Crippen molar-refractivity contribution >= 4 is 29.9 Å². The first-order valence-electron chi connectivity index (χ1n) is 11.4. The summed E-state index contributed by atoms with van der Waals surface area (Å²) in [6.45, 7) is 20.1. The quantitative estimate of drug-likeness (QED) is 0.285. The Morgan fingerprint density at radius 1 is 1.04 bits per heavy atom. The summed E-state index contributed by atoms with van der Waals surface area (Å²) < 4.78 is 0. The predicted molar refractivity (Wildman–Crippen MR) is 132 cm³/mol. The van der Waals surface area contributed by atoms with Crippen LogP contribution in [-0.4, -0.2) is 98.2 Å². The minimum atomic E-state index is 0. The van der Waals surface area contributed by atoms with Gasteiger partial charge in [0.25, 0.3) is 0 Å². The van der Waals surface area contributed by atoms with Gasteiger partial charge in [-0.15, -0.1) is 24.0 Å². The molecule has 2 aliphatic heterocycles. The van der Waals surface area contributed by atoms with Gasteiger partial charge in [0.15, 0.2) is 5.96 Å². The van der Waals surface area contributed by atoms with E-state index in [1.807, 2.05) is 0 Å². The molecule has 2 unspecified atom stereocenters. The molecule has 0 amide bonds. The van der Waals surface area contributed by atoms with Gasteiger partial charge in [-0.25, -0.2) is 0 Å². The van der Waals surface area contributed by atoms with Gasteiger partial charge in [-0.3, -0.25) is 14.8 Å². The summed E-state index contributed by atoms with van der Waals surface area (Å²) in [7, 11) is 0. The average molecular weight is 509 g/mol. The number of halogens is 1. The summed E-state index contributed by atoms with van der Waals surface area (Å²) in [6, 6.07) is 1.29. The van der Waals surface area contributed by atoms with Crippen LogP contribution < -0.4 is 10.6 Å². The van der Waals surface area contributed by atoms with Crippen molar-refractivity contribution in [2.45, 2.75) is 65.5 Å². The second-order valence-electron chi connectivity index (χ2n) is 8.06. The number of nitrogens with zero attached hydrogens (tertiary/aromatic N) is 4. The number of likely N-dealkylation sites (tertiary alicyclic amines) is 1. The Morgan fingerprint density at radius 2 is 1.79 bits per heavy atom. The van der Waals surface area contributed by atoms with Crippen LogP contribution in [0.3, 0.4) is 0 Å². The zero-order chi connectivity index (χ0) is 19.5. The maximum absolute atomic E-state index is 4.87. The predicted octanol–water partition coefficient (Wildman–Crippen LogP) is 2.45. The Balaban J connectivity index is 0.00000392. The van der Waals surface area contributed by atoms with E-state index >= 15 is 0 Å². The van der Waals surface area contributed by atoms with Crippen molar-refractivity contribution in [2.75, 3.05) is 65.4 Å². The summed E-state index contributed by atoms with van der Waals surface area (Å²) in [5.41, 5.74) is 0. The summed E-state index contributed by atoms with van der Waals surface area (Å²) in [5, 5.41) is 6.97. The summed E-state index contributed by atoms with van der Waals surface area (Å²) in [6.07, 6.45) is 5.40. The molecule has 2 N–H and O–H groups in total. The fourth-order valence-electron chi connectivity index (χ4n) is 4.34. The highest BCUT2D eigenvalue weighted by atomic mass is 127. The third-order valence-corrected chi connectivity index (χ3v) is 6.25. The normalized spacial score (nSPS) is 23.9. The molecule has 2 heterocycles. The van der Waals surface area contributed by atoms with Crippen LogP contribution in [0.25, 0.3) is 0 Å². The molecule has 166 valence electrons. The number of piperazine rings is 1. The van der Waals surface area contributed by atoms with Crippen LogP contribution in [-0.2, 0) is 0 Å². The average Bonchev–Trinajstić information content (AvgIpc) is 2.72. The highest BCUT2D eigenvalue weighted by Crippen LogP contribution is 2.18. The molecular weight excluding hydrogens is 463 g/mol. The van der Waals surface area contributed by atoms with Gasteiger partial charge in [0.1, 0.15) is 0 Å². The van der Waals surface area contributed by atoms with E-state index in [0.717, 1.165) is 38.2 Å². The molecule has 0 aromatic carbocycles. The molecule has 2 fully saturated rings. The van der Waals surface area contributed by atoms with Gasteiger partial charge in [0, 0.05) is 57.9 Å². The number of nitrogens with one attached hydrogen (secondary N) is 2. The molecular formula is C21H45IN6. The van der Waals surface area contributed by atoms with Crippen molar-refractivity contribution < 1.29 is 0 Å². The van der Waals surface area contributed by atoms with Crippen molar-refractivity contribution in [3.63, 3.8) is 0 Å². The molecule has 0 radical (unpaired) electrons. The van der Waals surface area contributed by atoms with E-state index in [1.54, 1.807) is 0 Å². The van der Waals surface area contributed by atoms with Crippen molar-refractivity contribution in [1.82, 2.24) is 25.3 Å². The lowest BCUT2D eigenvalue weighted by Crippen LogP contribution is -2.50. The van der Waals surface area contributed by atoms with Crippen LogP contribution in [0, 0.1) is 0 Å². The maximum Gasteiger partial charge on any atom is 0.191 e. The van der Waals surface area contributed by atoms with Crippen LogP contribution in [0.1, 0.15) is 53.4 Å². The first kappa shape index (κ1) is 25.9. The van der Waals surface area contributed by atoms with Crippen molar-refractivity contribution in [3.05, 3.63) is 0 Å². The topological polar surface area (TPSA) is 46.1 Å². The lowest BCUT2D eigenvalue weighted by Gasteiger charge is -2.37. The maximum atomic E-state index is 4.87. The Bertz CT molecular complexity index is 425. The molecule has 0 saturated carbocycles. The summed E-state index contributed by atoms with van der Waals surface area (Å²) in [5.74, 6) is 0.974. The van der Waals surface area contributed by atoms with Gasteiger partial charge in [-0.2, -0.15) is 0 Å². The molecule has 0 aromatic rings. The largest absolute Gasteiger partial charge is 0.357 e. The molecule has 6 nitrogen and oxygen atoms in total. The molecule has 0 bridgehead atoms. The number of hydrogen-bond donors (Lipinski definition) is 2. The van der Waals surface area contributed by atoms with Crippen LogP contribution in [0.4, 0.5) is 0 Å². The van der Waals surface area contributed by atoms with E-state index in [0.29, 0.717) is 6.04 Å². The first-order valence-corrected chi connectivity index (χ1v) is 11.4. The van der Waals surface area contributed by atoms with E-state index < -0.39 is 0 Å². The molecule has 7 heteroatoms. The first-order chi connectivity index (χ1) is 13.2. The number of likely N-dealkylation sites (N-methyl/N-ethyl adjacent to an activating group) is 1. The molecule has 2 saturated heterocycles. The Kier molecular flexibility index (Phi) is 13.7. The van der Waals surface area contributed by atoms with Crippen LogP contribution in [0.2, 0.25) is 0 Å². The highest BCUT2D eigenvalue weighted by Gasteiger charge is 2.21. The number of guanidine groups is 1. The van der Waals surface area contributed by atoms with E-state index in [4.69, 9.17) is 4.99 Å². The van der Waals surface area contributed by atoms with Crippen LogP contribution in [0.15, 0.2) is 4.99 Å². The molecule has 0 spiro atoms. The van der Waals surface area contributed by atoms with Gasteiger partial charge in [-0.1, -0.05) is 20.3 Å². The standard InChI is InChI=1S/C21H44N6.HI/c1-5-20-10-8-9-12-27(20)13-11-23-21(22-6-2)24-18-19(4)26-16-14-25(7-3)15-17-26;/h19-20H,5-18H2,1-4H3,(H2,22,23,24);1H. The fraction of sp³-hybridized carbons (Fsp3) is 0.952. The number of piperidine rings is 1. The molecule has 0 aliphatic carbocycles. The third-order valence-electron chi connectivity index (χ3n) is 6.25. The number of rotatable bonds is 9. The Hall–Kier alpha value is -0.120. The number of hydrogen-bond acceptors (Lipinski definition) is 4. The molecule has 2 rings (SSSR count). The van der Waals surface area contributed by atoms with Gasteiger partial charge < -0.3 is 15.5 Å². The SMILES string of the molecule is CCNC(=NCC(C)N1CCN(CC)CC1)NCCN1CCCCC1CC.I. The van der Waals surface area contributed by atoms with Crippen LogP contribution >= 0.6 is 24.0 Å². The monoisotopic (exact) mass is 508 g/mol. The minimum Gasteiger partial charge on any atom is -0.357 e. The van der Waals surface area contributed by atoms with Crippen molar-refractivity contribution in [2.24, 2.45) is 4.99 Å². The molecule has 2 aliphatic rings. The van der Waals surface area contributed by atoms with E-state index in [-0.39, 0.29) is 24.0 Å². The Labute approximate surface area is 190 Å². The number of aliphatic imine (C=N–C) groups is 1. The summed E-state index contributed by atoms with van der Waals surface area (Å²) >= 11 is 0. The highest BCUT2D eigenvalue weighted by molar-refractivity contribution is 14.0. The fourth-order valence-corrected chi connectivity index (χ4v) is 4.34. The Morgan fingerprint density at radius 3 is 2.43 bits per heavy atom. The molecule has 2 atom stereocenters. The van der Waals surface area contributed by atoms with Gasteiger partial charge in [-0.05, 0) is 46.2 Å².